The van der Waals surface area contributed by atoms with Crippen LogP contribution in [-0.2, 0) is 0 Å². The fourth-order valence-corrected chi connectivity index (χ4v) is 2.38. The van der Waals surface area contributed by atoms with Crippen LogP contribution in [0.25, 0.3) is 0 Å². The maximum atomic E-state index is 11.5. The van der Waals surface area contributed by atoms with Crippen LogP contribution in [0.5, 0.6) is 0 Å². The minimum Gasteiger partial charge on any atom is -0.378 e. The number of amides is 2. The Hall–Kier alpha value is -1.66. The van der Waals surface area contributed by atoms with Gasteiger partial charge in [-0.05, 0) is 37.0 Å². The predicted molar refractivity (Wildman–Crippen MR) is 98.4 cm³/mol. The molecule has 0 saturated heterocycles. The molecule has 1 aliphatic rings. The Morgan fingerprint density at radius 1 is 1.39 bits per heavy atom. The Kier molecular flexibility index (Phi) is 6.97. The topological polar surface area (TPSA) is 71.5 Å². The molecule has 0 atom stereocenters. The number of nitrogens with zero attached hydrogens (tertiary/aromatic N) is 2. The number of rotatable bonds is 4. The van der Waals surface area contributed by atoms with E-state index in [9.17, 15) is 4.79 Å². The van der Waals surface area contributed by atoms with E-state index < -0.39 is 6.03 Å². The van der Waals surface area contributed by atoms with Crippen LogP contribution < -0.4 is 20.4 Å². The van der Waals surface area contributed by atoms with Crippen LogP contribution in [0.2, 0.25) is 5.02 Å². The molecule has 2 amide bonds. The molecule has 0 aliphatic heterocycles. The Morgan fingerprint density at radius 2 is 2.04 bits per heavy atom. The lowest BCUT2D eigenvalue weighted by Crippen LogP contribution is -2.47. The molecule has 0 unspecified atom stereocenters. The van der Waals surface area contributed by atoms with Gasteiger partial charge < -0.3 is 15.1 Å². The fourth-order valence-electron chi connectivity index (χ4n) is 2.10. The van der Waals surface area contributed by atoms with Gasteiger partial charge in [0.25, 0.3) is 0 Å². The van der Waals surface area contributed by atoms with Crippen molar-refractivity contribution in [3.8, 4) is 0 Å². The van der Waals surface area contributed by atoms with E-state index in [-0.39, 0.29) is 18.4 Å². The molecule has 1 aromatic carbocycles. The van der Waals surface area contributed by atoms with Crippen LogP contribution in [-0.4, -0.2) is 39.7 Å². The third kappa shape index (κ3) is 5.18. The number of carbonyl (C=O) groups excluding carboxylic acids is 1. The average molecular weight is 360 g/mol. The van der Waals surface area contributed by atoms with Crippen LogP contribution in [0, 0.1) is 11.3 Å². The molecule has 1 saturated carbocycles. The molecule has 1 aliphatic carbocycles. The smallest absolute Gasteiger partial charge is 0.321 e. The van der Waals surface area contributed by atoms with Crippen molar-refractivity contribution in [3.63, 3.8) is 0 Å². The van der Waals surface area contributed by atoms with Crippen LogP contribution >= 0.6 is 24.0 Å². The van der Waals surface area contributed by atoms with Gasteiger partial charge >= 0.3 is 6.03 Å². The van der Waals surface area contributed by atoms with Crippen molar-refractivity contribution in [3.05, 3.63) is 23.2 Å². The highest BCUT2D eigenvalue weighted by molar-refractivity contribution is 6.34. The molecule has 2 rings (SSSR count). The summed E-state index contributed by atoms with van der Waals surface area (Å²) >= 11 is 6.39. The third-order valence-corrected chi connectivity index (χ3v) is 3.91. The quantitative estimate of drug-likeness (QED) is 0.571. The number of anilines is 2. The molecule has 0 radical (unpaired) electrons. The third-order valence-electron chi connectivity index (χ3n) is 3.61. The molecular formula is C15H23Cl2N5O. The number of hydrogen-bond donors (Lipinski definition) is 3. The Morgan fingerprint density at radius 3 is 2.52 bits per heavy atom. The van der Waals surface area contributed by atoms with Crippen molar-refractivity contribution in [1.29, 1.82) is 5.41 Å². The number of hydrogen-bond acceptors (Lipinski definition) is 3. The van der Waals surface area contributed by atoms with Crippen LogP contribution in [0.3, 0.4) is 0 Å². The SMILES string of the molecule is CNC(=O)NC(=N)N(CC1CC1)c1ccc(N(C)C)cc1Cl.Cl. The van der Waals surface area contributed by atoms with E-state index >= 15 is 0 Å². The van der Waals surface area contributed by atoms with Crippen molar-refractivity contribution in [2.75, 3.05) is 37.5 Å². The van der Waals surface area contributed by atoms with E-state index in [1.165, 1.54) is 7.05 Å². The fraction of sp³-hybridized carbons (Fsp3) is 0.467. The number of nitrogens with one attached hydrogen (secondary N) is 3. The molecule has 0 bridgehead atoms. The normalized spacial score (nSPS) is 12.9. The second-order valence-corrected chi connectivity index (χ2v) is 6.04. The molecule has 8 heteroatoms. The first-order valence-corrected chi connectivity index (χ1v) is 7.62. The number of urea groups is 1. The van der Waals surface area contributed by atoms with Gasteiger partial charge in [-0.15, -0.1) is 12.4 Å². The van der Waals surface area contributed by atoms with E-state index in [1.807, 2.05) is 37.2 Å². The summed E-state index contributed by atoms with van der Waals surface area (Å²) in [6.45, 7) is 0.684. The first-order valence-electron chi connectivity index (χ1n) is 7.24. The zero-order valence-electron chi connectivity index (χ0n) is 13.5. The monoisotopic (exact) mass is 359 g/mol. The standard InChI is InChI=1S/C15H22ClN5O.ClH/c1-18-15(22)19-14(17)21(9-10-4-5-10)13-7-6-11(20(2)3)8-12(13)16;/h6-8,10H,4-5,9H2,1-3H3,(H3,17,18,19,22);1H. The second kappa shape index (κ2) is 8.26. The second-order valence-electron chi connectivity index (χ2n) is 5.64. The summed E-state index contributed by atoms with van der Waals surface area (Å²) in [6, 6.07) is 5.30. The predicted octanol–water partition coefficient (Wildman–Crippen LogP) is 2.91. The van der Waals surface area contributed by atoms with Gasteiger partial charge in [0.15, 0.2) is 0 Å². The summed E-state index contributed by atoms with van der Waals surface area (Å²) in [7, 11) is 5.41. The highest BCUT2D eigenvalue weighted by atomic mass is 35.5. The van der Waals surface area contributed by atoms with E-state index in [4.69, 9.17) is 17.0 Å². The van der Waals surface area contributed by atoms with E-state index in [0.717, 1.165) is 24.2 Å². The van der Waals surface area contributed by atoms with E-state index in [2.05, 4.69) is 10.6 Å². The van der Waals surface area contributed by atoms with Crippen LogP contribution in [0.15, 0.2) is 18.2 Å². The van der Waals surface area contributed by atoms with Gasteiger partial charge in [-0.25, -0.2) is 4.79 Å². The van der Waals surface area contributed by atoms with Crippen molar-refractivity contribution in [1.82, 2.24) is 10.6 Å². The first-order chi connectivity index (χ1) is 10.4. The minimum atomic E-state index is -0.410. The summed E-state index contributed by atoms with van der Waals surface area (Å²) in [5.74, 6) is 0.585. The van der Waals surface area contributed by atoms with E-state index in [0.29, 0.717) is 17.5 Å². The maximum absolute atomic E-state index is 11.5. The summed E-state index contributed by atoms with van der Waals surface area (Å²) in [5.41, 5.74) is 1.73. The zero-order valence-corrected chi connectivity index (χ0v) is 15.1. The highest BCUT2D eigenvalue weighted by Gasteiger charge is 2.28. The largest absolute Gasteiger partial charge is 0.378 e. The Balaban J connectivity index is 0.00000264. The lowest BCUT2D eigenvalue weighted by molar-refractivity contribution is 0.247. The average Bonchev–Trinajstić information content (AvgIpc) is 3.28. The number of halogens is 2. The highest BCUT2D eigenvalue weighted by Crippen LogP contribution is 2.35. The van der Waals surface area contributed by atoms with Gasteiger partial charge in [-0.1, -0.05) is 11.6 Å². The molecule has 1 aromatic rings. The molecule has 6 nitrogen and oxygen atoms in total. The molecular weight excluding hydrogens is 337 g/mol. The molecule has 0 spiro atoms. The van der Waals surface area contributed by atoms with Crippen LogP contribution in [0.4, 0.5) is 16.2 Å². The Bertz CT molecular complexity index is 575. The lowest BCUT2D eigenvalue weighted by atomic mass is 10.2. The zero-order chi connectivity index (χ0) is 16.3. The van der Waals surface area contributed by atoms with Crippen molar-refractivity contribution < 1.29 is 4.79 Å². The summed E-state index contributed by atoms with van der Waals surface area (Å²) in [4.78, 5) is 15.2. The Labute approximate surface area is 148 Å². The molecule has 23 heavy (non-hydrogen) atoms. The molecule has 1 fully saturated rings. The summed E-state index contributed by atoms with van der Waals surface area (Å²) in [6.07, 6.45) is 2.30. The summed E-state index contributed by atoms with van der Waals surface area (Å²) in [5, 5.41) is 13.7. The minimum absolute atomic E-state index is 0. The van der Waals surface area contributed by atoms with Crippen molar-refractivity contribution >= 4 is 47.4 Å². The van der Waals surface area contributed by atoms with Gasteiger partial charge in [-0.3, -0.25) is 10.7 Å². The summed E-state index contributed by atoms with van der Waals surface area (Å²) < 4.78 is 0. The first kappa shape index (κ1) is 19.4. The van der Waals surface area contributed by atoms with Crippen molar-refractivity contribution in [2.24, 2.45) is 5.92 Å². The van der Waals surface area contributed by atoms with Gasteiger partial charge in [0.2, 0.25) is 5.96 Å². The molecule has 3 N–H and O–H groups in total. The van der Waals surface area contributed by atoms with E-state index in [1.54, 1.807) is 4.90 Å². The number of carbonyl (C=O) groups is 1. The molecule has 128 valence electrons. The lowest BCUT2D eigenvalue weighted by Gasteiger charge is -2.27. The molecule has 0 heterocycles. The van der Waals surface area contributed by atoms with Gasteiger partial charge in [0, 0.05) is 33.4 Å². The van der Waals surface area contributed by atoms with Crippen LogP contribution in [0.1, 0.15) is 12.8 Å². The number of benzene rings is 1. The number of guanidine groups is 1. The van der Waals surface area contributed by atoms with Crippen molar-refractivity contribution in [2.45, 2.75) is 12.8 Å². The van der Waals surface area contributed by atoms with Gasteiger partial charge in [-0.2, -0.15) is 0 Å². The van der Waals surface area contributed by atoms with Gasteiger partial charge in [0.1, 0.15) is 0 Å². The maximum Gasteiger partial charge on any atom is 0.321 e. The molecule has 0 aromatic heterocycles. The van der Waals surface area contributed by atoms with Gasteiger partial charge in [0.05, 0.1) is 10.7 Å².